The summed E-state index contributed by atoms with van der Waals surface area (Å²) in [5, 5.41) is 0. The first kappa shape index (κ1) is 13.1. The molecule has 1 aliphatic carbocycles. The quantitative estimate of drug-likeness (QED) is 0.866. The van der Waals surface area contributed by atoms with Crippen molar-refractivity contribution in [3.05, 3.63) is 34.9 Å². The predicted octanol–water partition coefficient (Wildman–Crippen LogP) is 2.26. The third-order valence-corrected chi connectivity index (χ3v) is 3.32. The lowest BCUT2D eigenvalue weighted by Gasteiger charge is -2.22. The molecule has 0 saturated heterocycles. The van der Waals surface area contributed by atoms with Crippen molar-refractivity contribution in [3.63, 3.8) is 0 Å². The van der Waals surface area contributed by atoms with Crippen molar-refractivity contribution in [2.45, 2.75) is 39.2 Å². The fraction of sp³-hybridized carbons (Fsp3) is 0.533. The first-order valence-electron chi connectivity index (χ1n) is 6.71. The minimum absolute atomic E-state index is 0.165. The van der Waals surface area contributed by atoms with E-state index in [1.807, 2.05) is 30.9 Å². The smallest absolute Gasteiger partial charge is 0.254 e. The molecule has 0 atom stereocenters. The molecule has 0 unspecified atom stereocenters. The SMILES string of the molecule is Cc1cc(C)cc(C(=O)N(CCCN)C2CC2)c1. The van der Waals surface area contributed by atoms with E-state index in [1.54, 1.807) is 0 Å². The average molecular weight is 246 g/mol. The monoisotopic (exact) mass is 246 g/mol. The minimum atomic E-state index is 0.165. The maximum absolute atomic E-state index is 12.5. The van der Waals surface area contributed by atoms with Gasteiger partial charge in [0.15, 0.2) is 0 Å². The summed E-state index contributed by atoms with van der Waals surface area (Å²) < 4.78 is 0. The molecular formula is C15H22N2O. The number of carbonyl (C=O) groups is 1. The molecule has 1 aromatic carbocycles. The molecule has 1 saturated carbocycles. The van der Waals surface area contributed by atoms with E-state index in [0.29, 0.717) is 12.6 Å². The van der Waals surface area contributed by atoms with E-state index in [1.165, 1.54) is 0 Å². The van der Waals surface area contributed by atoms with E-state index in [0.717, 1.165) is 42.5 Å². The largest absolute Gasteiger partial charge is 0.336 e. The fourth-order valence-corrected chi connectivity index (χ4v) is 2.36. The molecule has 18 heavy (non-hydrogen) atoms. The molecule has 0 aromatic heterocycles. The Hall–Kier alpha value is -1.35. The Morgan fingerprint density at radius 2 is 1.89 bits per heavy atom. The van der Waals surface area contributed by atoms with Gasteiger partial charge in [-0.05, 0) is 51.8 Å². The molecule has 0 heterocycles. The number of nitrogens with zero attached hydrogens (tertiary/aromatic N) is 1. The highest BCUT2D eigenvalue weighted by Crippen LogP contribution is 2.28. The first-order valence-corrected chi connectivity index (χ1v) is 6.71. The Bertz CT molecular complexity index is 418. The van der Waals surface area contributed by atoms with Crippen molar-refractivity contribution in [2.24, 2.45) is 5.73 Å². The van der Waals surface area contributed by atoms with Crippen LogP contribution in [0.2, 0.25) is 0 Å². The van der Waals surface area contributed by atoms with Gasteiger partial charge in [0, 0.05) is 18.2 Å². The number of benzene rings is 1. The summed E-state index contributed by atoms with van der Waals surface area (Å²) in [6.45, 7) is 5.49. The highest BCUT2D eigenvalue weighted by Gasteiger charge is 2.32. The standard InChI is InChI=1S/C15H22N2O/c1-11-8-12(2)10-13(9-11)15(18)17(7-3-6-16)14-4-5-14/h8-10,14H,3-7,16H2,1-2H3. The lowest BCUT2D eigenvalue weighted by Crippen LogP contribution is -2.35. The van der Waals surface area contributed by atoms with Crippen molar-refractivity contribution in [2.75, 3.05) is 13.1 Å². The number of carbonyl (C=O) groups excluding carboxylic acids is 1. The summed E-state index contributed by atoms with van der Waals surface area (Å²) >= 11 is 0. The molecule has 3 nitrogen and oxygen atoms in total. The molecule has 1 fully saturated rings. The normalized spacial score (nSPS) is 14.6. The van der Waals surface area contributed by atoms with Crippen LogP contribution < -0.4 is 5.73 Å². The molecule has 1 aliphatic rings. The minimum Gasteiger partial charge on any atom is -0.336 e. The summed E-state index contributed by atoms with van der Waals surface area (Å²) in [5.74, 6) is 0.165. The second-order valence-corrected chi connectivity index (χ2v) is 5.25. The molecule has 0 spiro atoms. The lowest BCUT2D eigenvalue weighted by molar-refractivity contribution is 0.0742. The molecule has 0 bridgehead atoms. The Labute approximate surface area is 109 Å². The highest BCUT2D eigenvalue weighted by atomic mass is 16.2. The zero-order valence-electron chi connectivity index (χ0n) is 11.3. The Morgan fingerprint density at radius 1 is 1.28 bits per heavy atom. The van der Waals surface area contributed by atoms with Gasteiger partial charge in [0.1, 0.15) is 0 Å². The number of amides is 1. The molecule has 3 heteroatoms. The predicted molar refractivity (Wildman–Crippen MR) is 73.6 cm³/mol. The zero-order chi connectivity index (χ0) is 13.1. The van der Waals surface area contributed by atoms with E-state index in [9.17, 15) is 4.79 Å². The van der Waals surface area contributed by atoms with Crippen LogP contribution in [0.3, 0.4) is 0 Å². The van der Waals surface area contributed by atoms with Crippen LogP contribution in [0.15, 0.2) is 18.2 Å². The number of nitrogens with two attached hydrogens (primary N) is 1. The van der Waals surface area contributed by atoms with Gasteiger partial charge in [-0.25, -0.2) is 0 Å². The number of hydrogen-bond donors (Lipinski definition) is 1. The summed E-state index contributed by atoms with van der Waals surface area (Å²) in [7, 11) is 0. The molecule has 2 N–H and O–H groups in total. The van der Waals surface area contributed by atoms with Crippen LogP contribution in [0.1, 0.15) is 40.7 Å². The average Bonchev–Trinajstić information content (AvgIpc) is 3.12. The van der Waals surface area contributed by atoms with Gasteiger partial charge < -0.3 is 10.6 Å². The number of rotatable bonds is 5. The van der Waals surface area contributed by atoms with Crippen LogP contribution in [0, 0.1) is 13.8 Å². The lowest BCUT2D eigenvalue weighted by atomic mass is 10.1. The van der Waals surface area contributed by atoms with Crippen LogP contribution in [-0.4, -0.2) is 29.9 Å². The maximum atomic E-state index is 12.5. The van der Waals surface area contributed by atoms with E-state index < -0.39 is 0 Å². The second kappa shape index (κ2) is 5.53. The summed E-state index contributed by atoms with van der Waals surface area (Å²) in [4.78, 5) is 14.5. The third kappa shape index (κ3) is 3.10. The van der Waals surface area contributed by atoms with Crippen LogP contribution in [0.25, 0.3) is 0 Å². The third-order valence-electron chi connectivity index (χ3n) is 3.32. The van der Waals surface area contributed by atoms with Crippen molar-refractivity contribution in [1.82, 2.24) is 4.90 Å². The van der Waals surface area contributed by atoms with E-state index in [-0.39, 0.29) is 5.91 Å². The van der Waals surface area contributed by atoms with Gasteiger partial charge >= 0.3 is 0 Å². The van der Waals surface area contributed by atoms with Gasteiger partial charge in [-0.3, -0.25) is 4.79 Å². The van der Waals surface area contributed by atoms with Crippen LogP contribution >= 0.6 is 0 Å². The zero-order valence-corrected chi connectivity index (χ0v) is 11.3. The highest BCUT2D eigenvalue weighted by molar-refractivity contribution is 5.95. The van der Waals surface area contributed by atoms with Crippen LogP contribution in [-0.2, 0) is 0 Å². The Kier molecular flexibility index (Phi) is 4.02. The fourth-order valence-electron chi connectivity index (χ4n) is 2.36. The van der Waals surface area contributed by atoms with Crippen molar-refractivity contribution < 1.29 is 4.79 Å². The summed E-state index contributed by atoms with van der Waals surface area (Å²) in [6.07, 6.45) is 3.16. The first-order chi connectivity index (χ1) is 8.61. The van der Waals surface area contributed by atoms with Gasteiger partial charge in [-0.15, -0.1) is 0 Å². The van der Waals surface area contributed by atoms with E-state index in [2.05, 4.69) is 6.07 Å². The Morgan fingerprint density at radius 3 is 2.39 bits per heavy atom. The van der Waals surface area contributed by atoms with Crippen molar-refractivity contribution >= 4 is 5.91 Å². The molecule has 98 valence electrons. The topological polar surface area (TPSA) is 46.3 Å². The molecule has 1 aromatic rings. The van der Waals surface area contributed by atoms with Gasteiger partial charge in [-0.2, -0.15) is 0 Å². The molecule has 0 radical (unpaired) electrons. The van der Waals surface area contributed by atoms with E-state index in [4.69, 9.17) is 5.73 Å². The van der Waals surface area contributed by atoms with Crippen molar-refractivity contribution in [3.8, 4) is 0 Å². The number of hydrogen-bond acceptors (Lipinski definition) is 2. The number of aryl methyl sites for hydroxylation is 2. The van der Waals surface area contributed by atoms with Gasteiger partial charge in [0.2, 0.25) is 0 Å². The van der Waals surface area contributed by atoms with Crippen LogP contribution in [0.5, 0.6) is 0 Å². The summed E-state index contributed by atoms with van der Waals surface area (Å²) in [6, 6.07) is 6.50. The van der Waals surface area contributed by atoms with Gasteiger partial charge in [0.25, 0.3) is 5.91 Å². The molecule has 2 rings (SSSR count). The van der Waals surface area contributed by atoms with Crippen LogP contribution in [0.4, 0.5) is 0 Å². The Balaban J connectivity index is 2.16. The van der Waals surface area contributed by atoms with Crippen molar-refractivity contribution in [1.29, 1.82) is 0 Å². The van der Waals surface area contributed by atoms with E-state index >= 15 is 0 Å². The summed E-state index contributed by atoms with van der Waals surface area (Å²) in [5.41, 5.74) is 8.66. The van der Waals surface area contributed by atoms with Gasteiger partial charge in [0.05, 0.1) is 0 Å². The maximum Gasteiger partial charge on any atom is 0.254 e. The van der Waals surface area contributed by atoms with Gasteiger partial charge in [-0.1, -0.05) is 17.2 Å². The molecule has 1 amide bonds. The second-order valence-electron chi connectivity index (χ2n) is 5.25. The molecule has 0 aliphatic heterocycles. The molecular weight excluding hydrogens is 224 g/mol.